The molecule has 1 amide bonds. The number of amides is 1. The van der Waals surface area contributed by atoms with Gasteiger partial charge in [0.15, 0.2) is 12.3 Å². The minimum Gasteiger partial charge on any atom is -0.484 e. The number of fused-ring (bicyclic) bond motifs is 1. The fourth-order valence-electron chi connectivity index (χ4n) is 3.22. The predicted molar refractivity (Wildman–Crippen MR) is 117 cm³/mol. The number of aromatic nitrogens is 4. The molecule has 0 aliphatic carbocycles. The van der Waals surface area contributed by atoms with Crippen LogP contribution < -0.4 is 15.6 Å². The van der Waals surface area contributed by atoms with Gasteiger partial charge < -0.3 is 10.1 Å². The number of hydrogen-bond donors (Lipinski definition) is 1. The summed E-state index contributed by atoms with van der Waals surface area (Å²) in [5, 5.41) is 7.29. The molecule has 8 nitrogen and oxygen atoms in total. The normalized spacial score (nSPS) is 10.9. The molecule has 4 rings (SSSR count). The van der Waals surface area contributed by atoms with Gasteiger partial charge in [-0.3, -0.25) is 14.2 Å². The highest BCUT2D eigenvalue weighted by Gasteiger charge is 2.12. The predicted octanol–water partition coefficient (Wildman–Crippen LogP) is 2.28. The molecule has 0 saturated heterocycles. The molecule has 32 heavy (non-hydrogen) atoms. The molecule has 0 fully saturated rings. The number of ether oxygens (including phenoxy) is 1. The van der Waals surface area contributed by atoms with Crippen LogP contribution in [0, 0.1) is 12.7 Å². The van der Waals surface area contributed by atoms with Crippen LogP contribution in [0.3, 0.4) is 0 Å². The standard InChI is InChI=1S/C23H22FN5O3/c1-16-6-8-18(9-7-16)32-14-21(30)25-10-11-29-22-19(12-27-29)23(31)28(15-26-22)13-17-4-2-3-5-20(17)24/h2-9,12,15H,10-11,13-14H2,1H3,(H,25,30). The van der Waals surface area contributed by atoms with Gasteiger partial charge in [-0.05, 0) is 25.1 Å². The molecular weight excluding hydrogens is 413 g/mol. The average molecular weight is 435 g/mol. The number of aryl methyl sites for hydroxylation is 1. The third-order valence-corrected chi connectivity index (χ3v) is 4.96. The van der Waals surface area contributed by atoms with Crippen LogP contribution in [0.5, 0.6) is 5.75 Å². The molecule has 9 heteroatoms. The Kier molecular flexibility index (Phi) is 6.25. The van der Waals surface area contributed by atoms with Crippen molar-refractivity contribution in [3.8, 4) is 5.75 Å². The maximum Gasteiger partial charge on any atom is 0.264 e. The quantitative estimate of drug-likeness (QED) is 0.459. The summed E-state index contributed by atoms with van der Waals surface area (Å²) in [6, 6.07) is 13.7. The topological polar surface area (TPSA) is 91.0 Å². The third kappa shape index (κ3) is 4.83. The lowest BCUT2D eigenvalue weighted by Crippen LogP contribution is -2.31. The maximum absolute atomic E-state index is 13.9. The first-order valence-corrected chi connectivity index (χ1v) is 10.1. The first-order chi connectivity index (χ1) is 15.5. The van der Waals surface area contributed by atoms with Crippen LogP contribution in [0.4, 0.5) is 4.39 Å². The molecule has 0 unspecified atom stereocenters. The first kappa shape index (κ1) is 21.2. The molecule has 4 aromatic rings. The highest BCUT2D eigenvalue weighted by molar-refractivity contribution is 5.77. The van der Waals surface area contributed by atoms with Crippen molar-refractivity contribution in [1.82, 2.24) is 24.6 Å². The lowest BCUT2D eigenvalue weighted by atomic mass is 10.2. The zero-order valence-electron chi connectivity index (χ0n) is 17.5. The van der Waals surface area contributed by atoms with Crippen molar-refractivity contribution in [2.45, 2.75) is 20.0 Å². The smallest absolute Gasteiger partial charge is 0.264 e. The highest BCUT2D eigenvalue weighted by Crippen LogP contribution is 2.11. The van der Waals surface area contributed by atoms with Crippen molar-refractivity contribution in [3.63, 3.8) is 0 Å². The monoisotopic (exact) mass is 435 g/mol. The van der Waals surface area contributed by atoms with Gasteiger partial charge in [0, 0.05) is 12.1 Å². The Bertz CT molecular complexity index is 1300. The number of benzene rings is 2. The van der Waals surface area contributed by atoms with Crippen LogP contribution in [0.1, 0.15) is 11.1 Å². The van der Waals surface area contributed by atoms with Gasteiger partial charge in [-0.15, -0.1) is 0 Å². The van der Waals surface area contributed by atoms with Crippen LogP contribution in [-0.4, -0.2) is 38.4 Å². The molecule has 0 bridgehead atoms. The molecule has 164 valence electrons. The summed E-state index contributed by atoms with van der Waals surface area (Å²) < 4.78 is 22.2. The Morgan fingerprint density at radius 3 is 2.72 bits per heavy atom. The molecule has 0 radical (unpaired) electrons. The van der Waals surface area contributed by atoms with Gasteiger partial charge in [-0.2, -0.15) is 5.10 Å². The Labute approximate surface area is 183 Å². The van der Waals surface area contributed by atoms with Gasteiger partial charge in [0.1, 0.15) is 23.3 Å². The second kappa shape index (κ2) is 9.42. The lowest BCUT2D eigenvalue weighted by Gasteiger charge is -2.09. The van der Waals surface area contributed by atoms with E-state index in [4.69, 9.17) is 4.74 Å². The number of rotatable bonds is 8. The van der Waals surface area contributed by atoms with Crippen molar-refractivity contribution >= 4 is 16.9 Å². The first-order valence-electron chi connectivity index (χ1n) is 10.1. The van der Waals surface area contributed by atoms with Crippen LogP contribution in [0.15, 0.2) is 65.8 Å². The van der Waals surface area contributed by atoms with Crippen molar-refractivity contribution in [3.05, 3.63) is 88.4 Å². The third-order valence-electron chi connectivity index (χ3n) is 4.96. The van der Waals surface area contributed by atoms with E-state index in [-0.39, 0.29) is 30.4 Å². The molecule has 0 aliphatic rings. The Morgan fingerprint density at radius 2 is 1.94 bits per heavy atom. The van der Waals surface area contributed by atoms with Crippen molar-refractivity contribution in [2.75, 3.05) is 13.2 Å². The van der Waals surface area contributed by atoms with Gasteiger partial charge in [0.05, 0.1) is 19.3 Å². The Morgan fingerprint density at radius 1 is 1.16 bits per heavy atom. The maximum atomic E-state index is 13.9. The van der Waals surface area contributed by atoms with Crippen molar-refractivity contribution < 1.29 is 13.9 Å². The molecule has 2 aromatic heterocycles. The zero-order chi connectivity index (χ0) is 22.5. The fourth-order valence-corrected chi connectivity index (χ4v) is 3.22. The van der Waals surface area contributed by atoms with E-state index in [1.807, 2.05) is 31.2 Å². The van der Waals surface area contributed by atoms with Crippen molar-refractivity contribution in [2.24, 2.45) is 0 Å². The summed E-state index contributed by atoms with van der Waals surface area (Å²) in [6.45, 7) is 2.59. The van der Waals surface area contributed by atoms with Crippen LogP contribution in [-0.2, 0) is 17.9 Å². The zero-order valence-corrected chi connectivity index (χ0v) is 17.5. The van der Waals surface area contributed by atoms with Gasteiger partial charge in [-0.1, -0.05) is 35.9 Å². The van der Waals surface area contributed by atoms with Gasteiger partial charge in [0.2, 0.25) is 0 Å². The van der Waals surface area contributed by atoms with Crippen molar-refractivity contribution in [1.29, 1.82) is 0 Å². The second-order valence-corrected chi connectivity index (χ2v) is 7.33. The van der Waals surface area contributed by atoms with Crippen LogP contribution >= 0.6 is 0 Å². The van der Waals surface area contributed by atoms with E-state index in [1.54, 1.807) is 22.9 Å². The minimum atomic E-state index is -0.378. The van der Waals surface area contributed by atoms with E-state index in [9.17, 15) is 14.0 Å². The number of hydrogen-bond acceptors (Lipinski definition) is 5. The molecule has 2 aromatic carbocycles. The minimum absolute atomic E-state index is 0.0800. The van der Waals surface area contributed by atoms with E-state index in [0.29, 0.717) is 35.4 Å². The largest absolute Gasteiger partial charge is 0.484 e. The summed E-state index contributed by atoms with van der Waals surface area (Å²) in [5.74, 6) is -0.0146. The van der Waals surface area contributed by atoms with E-state index in [1.165, 1.54) is 23.2 Å². The van der Waals surface area contributed by atoms with E-state index in [0.717, 1.165) is 5.56 Å². The summed E-state index contributed by atoms with van der Waals surface area (Å²) in [5.41, 5.74) is 1.62. The van der Waals surface area contributed by atoms with Gasteiger partial charge >= 0.3 is 0 Å². The molecule has 0 aliphatic heterocycles. The Balaban J connectivity index is 1.35. The van der Waals surface area contributed by atoms with Gasteiger partial charge in [0.25, 0.3) is 11.5 Å². The number of halogens is 1. The average Bonchev–Trinajstić information content (AvgIpc) is 3.20. The number of nitrogens with zero attached hydrogens (tertiary/aromatic N) is 4. The molecule has 0 atom stereocenters. The summed E-state index contributed by atoms with van der Waals surface area (Å²) in [4.78, 5) is 29.1. The molecule has 0 saturated carbocycles. The fraction of sp³-hybridized carbons (Fsp3) is 0.217. The van der Waals surface area contributed by atoms with Crippen LogP contribution in [0.25, 0.3) is 11.0 Å². The summed E-state index contributed by atoms with van der Waals surface area (Å²) in [7, 11) is 0. The van der Waals surface area contributed by atoms with E-state index in [2.05, 4.69) is 15.4 Å². The number of carbonyl (C=O) groups is 1. The summed E-state index contributed by atoms with van der Waals surface area (Å²) in [6.07, 6.45) is 2.81. The number of carbonyl (C=O) groups excluding carboxylic acids is 1. The summed E-state index contributed by atoms with van der Waals surface area (Å²) >= 11 is 0. The lowest BCUT2D eigenvalue weighted by molar-refractivity contribution is -0.123. The molecule has 2 heterocycles. The molecule has 1 N–H and O–H groups in total. The van der Waals surface area contributed by atoms with Gasteiger partial charge in [-0.25, -0.2) is 14.1 Å². The Hall–Kier alpha value is -4.01. The van der Waals surface area contributed by atoms with E-state index >= 15 is 0 Å². The number of nitrogens with one attached hydrogen (secondary N) is 1. The highest BCUT2D eigenvalue weighted by atomic mass is 19.1. The molecular formula is C23H22FN5O3. The SMILES string of the molecule is Cc1ccc(OCC(=O)NCCn2ncc3c(=O)n(Cc4ccccc4F)cnc32)cc1. The van der Waals surface area contributed by atoms with E-state index < -0.39 is 0 Å². The second-order valence-electron chi connectivity index (χ2n) is 7.33. The molecule has 0 spiro atoms. The van der Waals surface area contributed by atoms with Crippen LogP contribution in [0.2, 0.25) is 0 Å².